The predicted octanol–water partition coefficient (Wildman–Crippen LogP) is 2.74. The molecule has 30 heavy (non-hydrogen) atoms. The quantitative estimate of drug-likeness (QED) is 0.355. The maximum Gasteiger partial charge on any atom is 0.306 e. The lowest BCUT2D eigenvalue weighted by Gasteiger charge is -2.11. The van der Waals surface area contributed by atoms with Gasteiger partial charge in [0.15, 0.2) is 6.61 Å². The summed E-state index contributed by atoms with van der Waals surface area (Å²) in [7, 11) is 4.39. The summed E-state index contributed by atoms with van der Waals surface area (Å²) in [5.74, 6) is 0.181. The Morgan fingerprint density at radius 1 is 1.00 bits per heavy atom. The van der Waals surface area contributed by atoms with E-state index in [1.807, 2.05) is 0 Å². The molecule has 0 saturated heterocycles. The zero-order chi connectivity index (χ0) is 22.1. The lowest BCUT2D eigenvalue weighted by atomic mass is 10.1. The molecule has 0 radical (unpaired) electrons. The number of hydrogen-bond acceptors (Lipinski definition) is 8. The highest BCUT2D eigenvalue weighted by molar-refractivity contribution is 5.94. The number of nitrogens with zero attached hydrogens (tertiary/aromatic N) is 1. The number of aryl methyl sites for hydroxylation is 1. The predicted molar refractivity (Wildman–Crippen MR) is 107 cm³/mol. The standard InChI is InChI=1S/C20H22N2O8/c1-27-15-8-13(9-16(11-15)28-2)4-7-20(24)30-12-19(23)21-17-6-5-14(22(25)26)10-18(17)29-3/h5-6,8-11H,4,7,12H2,1-3H3,(H,21,23). The summed E-state index contributed by atoms with van der Waals surface area (Å²) in [6, 6.07) is 9.04. The van der Waals surface area contributed by atoms with Gasteiger partial charge in [-0.1, -0.05) is 0 Å². The van der Waals surface area contributed by atoms with Crippen molar-refractivity contribution in [3.63, 3.8) is 0 Å². The van der Waals surface area contributed by atoms with E-state index >= 15 is 0 Å². The van der Waals surface area contributed by atoms with Crippen LogP contribution in [-0.2, 0) is 20.7 Å². The van der Waals surface area contributed by atoms with Crippen LogP contribution in [0.25, 0.3) is 0 Å². The van der Waals surface area contributed by atoms with E-state index in [9.17, 15) is 19.7 Å². The number of carbonyl (C=O) groups is 2. The smallest absolute Gasteiger partial charge is 0.306 e. The first-order valence-corrected chi connectivity index (χ1v) is 8.86. The van der Waals surface area contributed by atoms with Gasteiger partial charge in [-0.05, 0) is 30.2 Å². The molecule has 0 bridgehead atoms. The van der Waals surface area contributed by atoms with Crippen molar-refractivity contribution >= 4 is 23.3 Å². The molecule has 0 atom stereocenters. The van der Waals surface area contributed by atoms with E-state index in [0.717, 1.165) is 5.56 Å². The summed E-state index contributed by atoms with van der Waals surface area (Å²) in [5.41, 5.74) is 0.876. The molecule has 0 unspecified atom stereocenters. The number of methoxy groups -OCH3 is 3. The van der Waals surface area contributed by atoms with Crippen LogP contribution in [-0.4, -0.2) is 44.7 Å². The fourth-order valence-electron chi connectivity index (χ4n) is 2.56. The van der Waals surface area contributed by atoms with Gasteiger partial charge in [0.2, 0.25) is 0 Å². The number of rotatable bonds is 10. The molecule has 10 nitrogen and oxygen atoms in total. The molecule has 2 rings (SSSR count). The van der Waals surface area contributed by atoms with Gasteiger partial charge in [-0.25, -0.2) is 0 Å². The second-order valence-corrected chi connectivity index (χ2v) is 6.07. The van der Waals surface area contributed by atoms with E-state index in [1.165, 1.54) is 39.5 Å². The first kappa shape index (κ1) is 22.5. The van der Waals surface area contributed by atoms with Gasteiger partial charge in [-0.2, -0.15) is 0 Å². The van der Waals surface area contributed by atoms with Crippen LogP contribution in [0, 0.1) is 10.1 Å². The average molecular weight is 418 g/mol. The summed E-state index contributed by atoms with van der Waals surface area (Å²) in [6.45, 7) is -0.500. The normalized spacial score (nSPS) is 10.1. The fourth-order valence-corrected chi connectivity index (χ4v) is 2.56. The van der Waals surface area contributed by atoms with Crippen molar-refractivity contribution in [3.05, 3.63) is 52.1 Å². The van der Waals surface area contributed by atoms with Crippen molar-refractivity contribution < 1.29 is 33.5 Å². The van der Waals surface area contributed by atoms with Crippen LogP contribution in [0.3, 0.4) is 0 Å². The third-order valence-electron chi connectivity index (χ3n) is 4.06. The molecule has 2 aromatic rings. The van der Waals surface area contributed by atoms with Crippen molar-refractivity contribution in [1.82, 2.24) is 0 Å². The highest BCUT2D eigenvalue weighted by atomic mass is 16.6. The first-order valence-electron chi connectivity index (χ1n) is 8.86. The molecule has 0 aliphatic carbocycles. The number of nitro benzene ring substituents is 1. The zero-order valence-corrected chi connectivity index (χ0v) is 16.8. The number of benzene rings is 2. The second kappa shape index (κ2) is 10.6. The van der Waals surface area contributed by atoms with Crippen LogP contribution in [0.5, 0.6) is 17.2 Å². The average Bonchev–Trinajstić information content (AvgIpc) is 2.75. The van der Waals surface area contributed by atoms with Crippen molar-refractivity contribution in [2.45, 2.75) is 12.8 Å². The number of nitro groups is 1. The maximum absolute atomic E-state index is 12.0. The highest BCUT2D eigenvalue weighted by Crippen LogP contribution is 2.29. The number of ether oxygens (including phenoxy) is 4. The summed E-state index contributed by atoms with van der Waals surface area (Å²) < 4.78 is 20.4. The molecule has 0 fully saturated rings. The number of hydrogen-bond donors (Lipinski definition) is 1. The second-order valence-electron chi connectivity index (χ2n) is 6.07. The Kier molecular flexibility index (Phi) is 7.98. The topological polar surface area (TPSA) is 126 Å². The van der Waals surface area contributed by atoms with E-state index in [4.69, 9.17) is 18.9 Å². The SMILES string of the molecule is COc1cc(CCC(=O)OCC(=O)Nc2ccc([N+](=O)[O-])cc2OC)cc(OC)c1. The van der Waals surface area contributed by atoms with E-state index in [2.05, 4.69) is 5.32 Å². The number of nitrogens with one attached hydrogen (secondary N) is 1. The number of amides is 1. The summed E-state index contributed by atoms with van der Waals surface area (Å²) in [6.07, 6.45) is 0.439. The van der Waals surface area contributed by atoms with E-state index in [-0.39, 0.29) is 23.5 Å². The molecule has 2 aromatic carbocycles. The molecule has 0 saturated carbocycles. The van der Waals surface area contributed by atoms with Crippen molar-refractivity contribution in [1.29, 1.82) is 0 Å². The minimum atomic E-state index is -0.599. The summed E-state index contributed by atoms with van der Waals surface area (Å²) in [4.78, 5) is 34.2. The number of carbonyl (C=O) groups excluding carboxylic acids is 2. The third-order valence-corrected chi connectivity index (χ3v) is 4.06. The molecule has 1 amide bonds. The lowest BCUT2D eigenvalue weighted by Crippen LogP contribution is -2.21. The van der Waals surface area contributed by atoms with Crippen LogP contribution in [0.4, 0.5) is 11.4 Å². The van der Waals surface area contributed by atoms with Crippen LogP contribution in [0.15, 0.2) is 36.4 Å². The highest BCUT2D eigenvalue weighted by Gasteiger charge is 2.15. The fraction of sp³-hybridized carbons (Fsp3) is 0.300. The molecule has 0 aliphatic rings. The van der Waals surface area contributed by atoms with Crippen LogP contribution >= 0.6 is 0 Å². The Bertz CT molecular complexity index is 907. The van der Waals surface area contributed by atoms with Crippen molar-refractivity contribution in [2.24, 2.45) is 0 Å². The van der Waals surface area contributed by atoms with E-state index in [0.29, 0.717) is 17.9 Å². The maximum atomic E-state index is 12.0. The third kappa shape index (κ3) is 6.36. The minimum absolute atomic E-state index is 0.0600. The van der Waals surface area contributed by atoms with Gasteiger partial charge in [0.25, 0.3) is 11.6 Å². The number of anilines is 1. The molecular weight excluding hydrogens is 396 g/mol. The van der Waals surface area contributed by atoms with Crippen molar-refractivity contribution in [3.8, 4) is 17.2 Å². The number of non-ortho nitro benzene ring substituents is 1. The van der Waals surface area contributed by atoms with E-state index < -0.39 is 23.4 Å². The Balaban J connectivity index is 1.86. The molecule has 0 heterocycles. The molecule has 10 heteroatoms. The van der Waals surface area contributed by atoms with Crippen molar-refractivity contribution in [2.75, 3.05) is 33.3 Å². The first-order chi connectivity index (χ1) is 14.4. The van der Waals surface area contributed by atoms with Crippen LogP contribution < -0.4 is 19.5 Å². The summed E-state index contributed by atoms with van der Waals surface area (Å²) >= 11 is 0. The zero-order valence-electron chi connectivity index (χ0n) is 16.8. The largest absolute Gasteiger partial charge is 0.497 e. The number of esters is 1. The van der Waals surface area contributed by atoms with Gasteiger partial charge in [0.05, 0.1) is 38.0 Å². The van der Waals surface area contributed by atoms with Crippen LogP contribution in [0.2, 0.25) is 0 Å². The summed E-state index contributed by atoms with van der Waals surface area (Å²) in [5, 5.41) is 13.3. The molecule has 1 N–H and O–H groups in total. The molecule has 0 aliphatic heterocycles. The Morgan fingerprint density at radius 3 is 2.23 bits per heavy atom. The molecular formula is C20H22N2O8. The van der Waals surface area contributed by atoms with E-state index in [1.54, 1.807) is 18.2 Å². The van der Waals surface area contributed by atoms with Gasteiger partial charge < -0.3 is 24.3 Å². The Hall–Kier alpha value is -3.82. The monoisotopic (exact) mass is 418 g/mol. The lowest BCUT2D eigenvalue weighted by molar-refractivity contribution is -0.384. The Morgan fingerprint density at radius 2 is 1.67 bits per heavy atom. The van der Waals surface area contributed by atoms with Crippen LogP contribution in [0.1, 0.15) is 12.0 Å². The Labute approximate surface area is 172 Å². The van der Waals surface area contributed by atoms with Gasteiger partial charge in [-0.15, -0.1) is 0 Å². The van der Waals surface area contributed by atoms with Gasteiger partial charge in [-0.3, -0.25) is 19.7 Å². The van der Waals surface area contributed by atoms with Gasteiger partial charge >= 0.3 is 5.97 Å². The minimum Gasteiger partial charge on any atom is -0.497 e. The van der Waals surface area contributed by atoms with Gasteiger partial charge in [0.1, 0.15) is 17.2 Å². The molecule has 0 spiro atoms. The van der Waals surface area contributed by atoms with Gasteiger partial charge in [0, 0.05) is 18.6 Å². The molecule has 0 aromatic heterocycles. The molecule has 160 valence electrons.